The number of nitrogens with one attached hydrogen (secondary N) is 2. The standard InChI is InChI=1S/C16H19N3O2S/c1-9-3-4-11(5-10(9)2)14-8-22-16(18-14)19-15(21)13-6-12(20)7-17-13/h3-5,8,12-13,17,20H,6-7H2,1-2H3,(H,18,19,21)/t12-,13-/m0/s1. The maximum absolute atomic E-state index is 12.1. The number of aliphatic hydroxyl groups is 1. The first-order valence-corrected chi connectivity index (χ1v) is 8.16. The monoisotopic (exact) mass is 317 g/mol. The van der Waals surface area contributed by atoms with E-state index in [1.807, 2.05) is 11.4 Å². The van der Waals surface area contributed by atoms with Gasteiger partial charge in [-0.05, 0) is 37.5 Å². The van der Waals surface area contributed by atoms with Crippen molar-refractivity contribution in [3.63, 3.8) is 0 Å². The van der Waals surface area contributed by atoms with Crippen LogP contribution < -0.4 is 10.6 Å². The summed E-state index contributed by atoms with van der Waals surface area (Å²) >= 11 is 1.41. The largest absolute Gasteiger partial charge is 0.392 e. The summed E-state index contributed by atoms with van der Waals surface area (Å²) in [5.41, 5.74) is 4.38. The highest BCUT2D eigenvalue weighted by Gasteiger charge is 2.28. The quantitative estimate of drug-likeness (QED) is 0.810. The molecule has 0 aliphatic carbocycles. The molecule has 1 fully saturated rings. The van der Waals surface area contributed by atoms with Gasteiger partial charge in [0.2, 0.25) is 5.91 Å². The third-order valence-corrected chi connectivity index (χ3v) is 4.72. The Labute approximate surface area is 133 Å². The summed E-state index contributed by atoms with van der Waals surface area (Å²) in [5.74, 6) is -0.141. The maximum Gasteiger partial charge on any atom is 0.243 e. The molecular weight excluding hydrogens is 298 g/mol. The Bertz CT molecular complexity index is 698. The number of carbonyl (C=O) groups is 1. The van der Waals surface area contributed by atoms with Gasteiger partial charge in [-0.3, -0.25) is 4.79 Å². The lowest BCUT2D eigenvalue weighted by Gasteiger charge is -2.08. The van der Waals surface area contributed by atoms with Crippen LogP contribution in [0.3, 0.4) is 0 Å². The number of rotatable bonds is 3. The molecule has 2 aromatic rings. The molecule has 1 saturated heterocycles. The molecule has 1 aliphatic rings. The molecule has 0 spiro atoms. The van der Waals surface area contributed by atoms with Gasteiger partial charge in [-0.1, -0.05) is 12.1 Å². The number of nitrogens with zero attached hydrogens (tertiary/aromatic N) is 1. The molecule has 3 N–H and O–H groups in total. The predicted octanol–water partition coefficient (Wildman–Crippen LogP) is 2.09. The minimum absolute atomic E-state index is 0.141. The molecule has 0 saturated carbocycles. The minimum atomic E-state index is -0.446. The second-order valence-electron chi connectivity index (χ2n) is 5.68. The lowest BCUT2D eigenvalue weighted by Crippen LogP contribution is -2.35. The zero-order chi connectivity index (χ0) is 15.7. The number of aryl methyl sites for hydroxylation is 2. The smallest absolute Gasteiger partial charge is 0.243 e. The summed E-state index contributed by atoms with van der Waals surface area (Å²) < 4.78 is 0. The van der Waals surface area contributed by atoms with E-state index in [-0.39, 0.29) is 11.9 Å². The molecule has 3 rings (SSSR count). The average Bonchev–Trinajstić information content (AvgIpc) is 3.11. The van der Waals surface area contributed by atoms with Crippen molar-refractivity contribution in [1.29, 1.82) is 0 Å². The molecule has 22 heavy (non-hydrogen) atoms. The van der Waals surface area contributed by atoms with Crippen LogP contribution in [-0.2, 0) is 4.79 Å². The first kappa shape index (κ1) is 15.1. The number of hydrogen-bond donors (Lipinski definition) is 3. The number of anilines is 1. The summed E-state index contributed by atoms with van der Waals surface area (Å²) in [6.45, 7) is 4.61. The number of benzene rings is 1. The van der Waals surface area contributed by atoms with Crippen LogP contribution in [0.1, 0.15) is 17.5 Å². The van der Waals surface area contributed by atoms with E-state index in [1.54, 1.807) is 0 Å². The van der Waals surface area contributed by atoms with Crippen molar-refractivity contribution >= 4 is 22.4 Å². The second kappa shape index (κ2) is 6.16. The lowest BCUT2D eigenvalue weighted by atomic mass is 10.1. The maximum atomic E-state index is 12.1. The number of carbonyl (C=O) groups excluding carboxylic acids is 1. The molecule has 0 bridgehead atoms. The van der Waals surface area contributed by atoms with Gasteiger partial charge in [0.1, 0.15) is 0 Å². The van der Waals surface area contributed by atoms with Gasteiger partial charge in [-0.2, -0.15) is 0 Å². The van der Waals surface area contributed by atoms with Crippen molar-refractivity contribution in [3.8, 4) is 11.3 Å². The highest BCUT2D eigenvalue weighted by molar-refractivity contribution is 7.14. The van der Waals surface area contributed by atoms with Crippen LogP contribution in [0.25, 0.3) is 11.3 Å². The molecule has 0 radical (unpaired) electrons. The molecule has 116 valence electrons. The number of amides is 1. The van der Waals surface area contributed by atoms with E-state index in [9.17, 15) is 9.90 Å². The molecule has 5 nitrogen and oxygen atoms in total. The summed E-state index contributed by atoms with van der Waals surface area (Å²) in [7, 11) is 0. The first-order chi connectivity index (χ1) is 10.5. The number of aromatic nitrogens is 1. The average molecular weight is 317 g/mol. The SMILES string of the molecule is Cc1ccc(-c2csc(NC(=O)[C@@H]3C[C@H](O)CN3)n2)cc1C. The van der Waals surface area contributed by atoms with Crippen LogP contribution in [0.4, 0.5) is 5.13 Å². The molecule has 6 heteroatoms. The zero-order valence-corrected chi connectivity index (χ0v) is 13.4. The topological polar surface area (TPSA) is 74.2 Å². The van der Waals surface area contributed by atoms with E-state index in [0.717, 1.165) is 11.3 Å². The van der Waals surface area contributed by atoms with Gasteiger partial charge < -0.3 is 15.7 Å². The van der Waals surface area contributed by atoms with E-state index < -0.39 is 6.10 Å². The molecule has 1 aromatic carbocycles. The van der Waals surface area contributed by atoms with Crippen LogP contribution in [0, 0.1) is 13.8 Å². The predicted molar refractivity (Wildman–Crippen MR) is 88.1 cm³/mol. The Hall–Kier alpha value is -1.76. The van der Waals surface area contributed by atoms with Crippen molar-refractivity contribution in [2.75, 3.05) is 11.9 Å². The molecule has 2 heterocycles. The molecular formula is C16H19N3O2S. The van der Waals surface area contributed by atoms with Crippen LogP contribution in [-0.4, -0.2) is 34.7 Å². The lowest BCUT2D eigenvalue weighted by molar-refractivity contribution is -0.117. The van der Waals surface area contributed by atoms with Crippen molar-refractivity contribution in [2.45, 2.75) is 32.4 Å². The van der Waals surface area contributed by atoms with Gasteiger partial charge in [0.25, 0.3) is 0 Å². The van der Waals surface area contributed by atoms with Crippen LogP contribution in [0.5, 0.6) is 0 Å². The third kappa shape index (κ3) is 3.19. The summed E-state index contributed by atoms with van der Waals surface area (Å²) in [4.78, 5) is 16.6. The fraction of sp³-hybridized carbons (Fsp3) is 0.375. The molecule has 1 aliphatic heterocycles. The summed E-state index contributed by atoms with van der Waals surface area (Å²) in [6.07, 6.45) is -0.000510. The van der Waals surface area contributed by atoms with Gasteiger partial charge >= 0.3 is 0 Å². The Morgan fingerprint density at radius 2 is 2.23 bits per heavy atom. The fourth-order valence-corrected chi connectivity index (χ4v) is 3.20. The highest BCUT2D eigenvalue weighted by atomic mass is 32.1. The van der Waals surface area contributed by atoms with Crippen molar-refractivity contribution < 1.29 is 9.90 Å². The second-order valence-corrected chi connectivity index (χ2v) is 6.53. The fourth-order valence-electron chi connectivity index (χ4n) is 2.47. The Morgan fingerprint density at radius 1 is 1.41 bits per heavy atom. The van der Waals surface area contributed by atoms with E-state index in [0.29, 0.717) is 18.1 Å². The first-order valence-electron chi connectivity index (χ1n) is 7.28. The Morgan fingerprint density at radius 3 is 2.91 bits per heavy atom. The van der Waals surface area contributed by atoms with Gasteiger partial charge in [-0.25, -0.2) is 4.98 Å². The highest BCUT2D eigenvalue weighted by Crippen LogP contribution is 2.26. The zero-order valence-electron chi connectivity index (χ0n) is 12.6. The number of hydrogen-bond acceptors (Lipinski definition) is 5. The Balaban J connectivity index is 1.71. The van der Waals surface area contributed by atoms with Gasteiger partial charge in [0, 0.05) is 17.5 Å². The van der Waals surface area contributed by atoms with Crippen molar-refractivity contribution in [2.24, 2.45) is 0 Å². The molecule has 0 unspecified atom stereocenters. The number of aliphatic hydroxyl groups excluding tert-OH is 1. The van der Waals surface area contributed by atoms with Gasteiger partial charge in [0.15, 0.2) is 5.13 Å². The summed E-state index contributed by atoms with van der Waals surface area (Å²) in [5, 5.41) is 17.8. The number of thiazole rings is 1. The molecule has 2 atom stereocenters. The Kier molecular flexibility index (Phi) is 4.24. The molecule has 1 aromatic heterocycles. The normalized spacial score (nSPS) is 21.0. The van der Waals surface area contributed by atoms with Gasteiger partial charge in [-0.15, -0.1) is 11.3 Å². The van der Waals surface area contributed by atoms with Crippen LogP contribution in [0.2, 0.25) is 0 Å². The van der Waals surface area contributed by atoms with Crippen LogP contribution >= 0.6 is 11.3 Å². The molecule has 1 amide bonds. The number of β-amino-alcohol motifs (C(OH)–C–C–N with tert-alkyl or cyclic N) is 1. The van der Waals surface area contributed by atoms with Gasteiger partial charge in [0.05, 0.1) is 17.8 Å². The third-order valence-electron chi connectivity index (χ3n) is 3.96. The summed E-state index contributed by atoms with van der Waals surface area (Å²) in [6, 6.07) is 5.87. The van der Waals surface area contributed by atoms with E-state index in [2.05, 4.69) is 41.6 Å². The van der Waals surface area contributed by atoms with E-state index >= 15 is 0 Å². The van der Waals surface area contributed by atoms with E-state index in [1.165, 1.54) is 22.5 Å². The van der Waals surface area contributed by atoms with Crippen molar-refractivity contribution in [1.82, 2.24) is 10.3 Å². The minimum Gasteiger partial charge on any atom is -0.392 e. The van der Waals surface area contributed by atoms with Crippen molar-refractivity contribution in [3.05, 3.63) is 34.7 Å². The van der Waals surface area contributed by atoms with Crippen LogP contribution in [0.15, 0.2) is 23.6 Å². The van der Waals surface area contributed by atoms with E-state index in [4.69, 9.17) is 0 Å².